The maximum Gasteiger partial charge on any atom is 0.260 e. The molecule has 2 heterocycles. The molecule has 0 spiro atoms. The van der Waals surface area contributed by atoms with Gasteiger partial charge in [-0.15, -0.1) is 0 Å². The van der Waals surface area contributed by atoms with Crippen molar-refractivity contribution < 1.29 is 4.79 Å². The van der Waals surface area contributed by atoms with Gasteiger partial charge >= 0.3 is 0 Å². The molecule has 1 amide bonds. The van der Waals surface area contributed by atoms with Gasteiger partial charge in [-0.1, -0.05) is 29.8 Å². The minimum absolute atomic E-state index is 0.0653. The summed E-state index contributed by atoms with van der Waals surface area (Å²) >= 11 is 6.12. The van der Waals surface area contributed by atoms with Gasteiger partial charge in [0.05, 0.1) is 10.6 Å². The lowest BCUT2D eigenvalue weighted by atomic mass is 10.1. The molecule has 1 N–H and O–H groups in total. The molecule has 1 aliphatic heterocycles. The van der Waals surface area contributed by atoms with Crippen LogP contribution in [0, 0.1) is 0 Å². The Hall–Kier alpha value is -2.07. The molecule has 0 saturated carbocycles. The van der Waals surface area contributed by atoms with Crippen LogP contribution < -0.4 is 10.2 Å². The van der Waals surface area contributed by atoms with E-state index in [0.717, 1.165) is 12.1 Å². The number of carbonyl (C=O) groups is 1. The number of benzene rings is 1. The summed E-state index contributed by atoms with van der Waals surface area (Å²) in [5, 5.41) is 3.34. The summed E-state index contributed by atoms with van der Waals surface area (Å²) in [4.78, 5) is 18.8. The van der Waals surface area contributed by atoms with E-state index in [-0.39, 0.29) is 11.9 Å². The zero-order valence-corrected chi connectivity index (χ0v) is 12.7. The van der Waals surface area contributed by atoms with Crippen molar-refractivity contribution in [3.8, 4) is 0 Å². The third kappa shape index (κ3) is 2.36. The van der Waals surface area contributed by atoms with E-state index in [4.69, 9.17) is 11.6 Å². The fraction of sp³-hybridized carbons (Fsp3) is 0.250. The van der Waals surface area contributed by atoms with Gasteiger partial charge in [0.1, 0.15) is 5.82 Å². The third-order valence-electron chi connectivity index (χ3n) is 3.75. The highest BCUT2D eigenvalue weighted by atomic mass is 35.5. The zero-order valence-electron chi connectivity index (χ0n) is 11.9. The Morgan fingerprint density at radius 2 is 2.19 bits per heavy atom. The summed E-state index contributed by atoms with van der Waals surface area (Å²) in [6.45, 7) is 2.05. The Morgan fingerprint density at radius 1 is 1.43 bits per heavy atom. The number of hydrogen-bond donors (Lipinski definition) is 1. The Labute approximate surface area is 128 Å². The number of aromatic nitrogens is 1. The highest BCUT2D eigenvalue weighted by molar-refractivity contribution is 6.33. The number of nitrogens with one attached hydrogen (secondary N) is 1. The molecule has 0 saturated heterocycles. The van der Waals surface area contributed by atoms with Crippen LogP contribution in [0.3, 0.4) is 0 Å². The highest BCUT2D eigenvalue weighted by Gasteiger charge is 2.31. The van der Waals surface area contributed by atoms with Gasteiger partial charge in [0.2, 0.25) is 0 Å². The normalized spacial score (nSPS) is 16.7. The van der Waals surface area contributed by atoms with Gasteiger partial charge < -0.3 is 10.2 Å². The molecule has 1 aromatic carbocycles. The first kappa shape index (κ1) is 13.9. The Morgan fingerprint density at radius 3 is 2.90 bits per heavy atom. The van der Waals surface area contributed by atoms with Crippen molar-refractivity contribution >= 4 is 29.0 Å². The lowest BCUT2D eigenvalue weighted by Gasteiger charge is -2.22. The predicted octanol–water partition coefficient (Wildman–Crippen LogP) is 3.37. The number of para-hydroxylation sites is 1. The number of pyridine rings is 1. The molecule has 21 heavy (non-hydrogen) atoms. The van der Waals surface area contributed by atoms with Crippen LogP contribution in [-0.2, 0) is 6.42 Å². The largest absolute Gasteiger partial charge is 0.372 e. The second kappa shape index (κ2) is 5.37. The van der Waals surface area contributed by atoms with E-state index in [9.17, 15) is 4.79 Å². The molecule has 4 nitrogen and oxygen atoms in total. The van der Waals surface area contributed by atoms with E-state index in [0.29, 0.717) is 16.4 Å². The van der Waals surface area contributed by atoms with Gasteiger partial charge in [-0.3, -0.25) is 4.79 Å². The number of nitrogens with zero attached hydrogens (tertiary/aromatic N) is 2. The summed E-state index contributed by atoms with van der Waals surface area (Å²) in [5.74, 6) is 0.507. The molecule has 108 valence electrons. The second-order valence-corrected chi connectivity index (χ2v) is 5.57. The predicted molar refractivity (Wildman–Crippen MR) is 85.2 cm³/mol. The van der Waals surface area contributed by atoms with Gasteiger partial charge in [0.25, 0.3) is 5.91 Å². The van der Waals surface area contributed by atoms with Gasteiger partial charge in [-0.2, -0.15) is 0 Å². The summed E-state index contributed by atoms with van der Waals surface area (Å²) in [6.07, 6.45) is 2.44. The first-order chi connectivity index (χ1) is 10.1. The minimum Gasteiger partial charge on any atom is -0.372 e. The SMILES string of the molecule is CNc1ncc(C(=O)N2c3ccccc3CC2C)cc1Cl. The summed E-state index contributed by atoms with van der Waals surface area (Å²) < 4.78 is 0. The van der Waals surface area contributed by atoms with E-state index in [2.05, 4.69) is 23.3 Å². The van der Waals surface area contributed by atoms with Crippen molar-refractivity contribution in [3.63, 3.8) is 0 Å². The van der Waals surface area contributed by atoms with Crippen molar-refractivity contribution in [3.05, 3.63) is 52.7 Å². The second-order valence-electron chi connectivity index (χ2n) is 5.16. The topological polar surface area (TPSA) is 45.2 Å². The molecule has 0 bridgehead atoms. The number of halogens is 1. The average Bonchev–Trinajstić information content (AvgIpc) is 2.82. The minimum atomic E-state index is -0.0653. The Balaban J connectivity index is 1.97. The molecule has 1 atom stereocenters. The van der Waals surface area contributed by atoms with E-state index < -0.39 is 0 Å². The Bertz CT molecular complexity index is 702. The first-order valence-electron chi connectivity index (χ1n) is 6.86. The molecule has 1 aromatic heterocycles. The molecule has 0 aliphatic carbocycles. The zero-order chi connectivity index (χ0) is 15.0. The van der Waals surface area contributed by atoms with Gasteiger partial charge in [-0.25, -0.2) is 4.98 Å². The molecule has 1 unspecified atom stereocenters. The van der Waals surface area contributed by atoms with Crippen LogP contribution in [0.2, 0.25) is 5.02 Å². The molecule has 1 aliphatic rings. The van der Waals surface area contributed by atoms with Gasteiger partial charge in [0, 0.05) is 25.0 Å². The van der Waals surface area contributed by atoms with Gasteiger partial charge in [-0.05, 0) is 31.0 Å². The maximum absolute atomic E-state index is 12.8. The van der Waals surface area contributed by atoms with Crippen LogP contribution in [0.1, 0.15) is 22.8 Å². The molecule has 2 aromatic rings. The van der Waals surface area contributed by atoms with Crippen LogP contribution in [-0.4, -0.2) is 24.0 Å². The molecule has 0 fully saturated rings. The van der Waals surface area contributed by atoms with Crippen LogP contribution >= 0.6 is 11.6 Å². The smallest absolute Gasteiger partial charge is 0.260 e. The fourth-order valence-electron chi connectivity index (χ4n) is 2.75. The number of carbonyl (C=O) groups excluding carboxylic acids is 1. The number of fused-ring (bicyclic) bond motifs is 1. The quantitative estimate of drug-likeness (QED) is 0.925. The average molecular weight is 302 g/mol. The standard InChI is InChI=1S/C16H16ClN3O/c1-10-7-11-5-3-4-6-14(11)20(10)16(21)12-8-13(17)15(18-2)19-9-12/h3-6,8-10H,7H2,1-2H3,(H,18,19). The summed E-state index contributed by atoms with van der Waals surface area (Å²) in [5.41, 5.74) is 2.68. The van der Waals surface area contributed by atoms with E-state index in [1.165, 1.54) is 5.56 Å². The number of amides is 1. The fourth-order valence-corrected chi connectivity index (χ4v) is 3.01. The lowest BCUT2D eigenvalue weighted by molar-refractivity contribution is 0.0981. The number of anilines is 2. The summed E-state index contributed by atoms with van der Waals surface area (Å²) in [6, 6.07) is 9.79. The molecule has 3 rings (SSSR count). The first-order valence-corrected chi connectivity index (χ1v) is 7.24. The Kier molecular flexibility index (Phi) is 3.55. The van der Waals surface area contributed by atoms with Crippen LogP contribution in [0.4, 0.5) is 11.5 Å². The van der Waals surface area contributed by atoms with Crippen molar-refractivity contribution in [2.24, 2.45) is 0 Å². The van der Waals surface area contributed by atoms with Crippen LogP contribution in [0.15, 0.2) is 36.5 Å². The van der Waals surface area contributed by atoms with Crippen molar-refractivity contribution in [1.29, 1.82) is 0 Å². The van der Waals surface area contributed by atoms with E-state index in [1.54, 1.807) is 19.3 Å². The van der Waals surface area contributed by atoms with E-state index in [1.807, 2.05) is 23.1 Å². The lowest BCUT2D eigenvalue weighted by Crippen LogP contribution is -2.35. The number of hydrogen-bond acceptors (Lipinski definition) is 3. The maximum atomic E-state index is 12.8. The van der Waals surface area contributed by atoms with Crippen molar-refractivity contribution in [2.45, 2.75) is 19.4 Å². The molecular formula is C16H16ClN3O. The third-order valence-corrected chi connectivity index (χ3v) is 4.04. The summed E-state index contributed by atoms with van der Waals surface area (Å²) in [7, 11) is 1.74. The van der Waals surface area contributed by atoms with Crippen molar-refractivity contribution in [2.75, 3.05) is 17.3 Å². The van der Waals surface area contributed by atoms with Crippen LogP contribution in [0.5, 0.6) is 0 Å². The highest BCUT2D eigenvalue weighted by Crippen LogP contribution is 2.33. The van der Waals surface area contributed by atoms with Crippen LogP contribution in [0.25, 0.3) is 0 Å². The monoisotopic (exact) mass is 301 g/mol. The van der Waals surface area contributed by atoms with Crippen molar-refractivity contribution in [1.82, 2.24) is 4.98 Å². The van der Waals surface area contributed by atoms with E-state index >= 15 is 0 Å². The van der Waals surface area contributed by atoms with Gasteiger partial charge in [0.15, 0.2) is 0 Å². The number of rotatable bonds is 2. The molecule has 5 heteroatoms. The molecule has 0 radical (unpaired) electrons. The molecular weight excluding hydrogens is 286 g/mol.